The van der Waals surface area contributed by atoms with Crippen LogP contribution in [0.25, 0.3) is 0 Å². The predicted molar refractivity (Wildman–Crippen MR) is 75.0 cm³/mol. The Hall–Kier alpha value is -0.860. The Kier molecular flexibility index (Phi) is 4.34. The molecule has 2 heteroatoms. The maximum Gasteiger partial charge on any atom is 0.0303 e. The summed E-state index contributed by atoms with van der Waals surface area (Å²) in [6.45, 7) is 11.4. The fourth-order valence-corrected chi connectivity index (χ4v) is 2.17. The molecule has 4 N–H and O–H groups in total. The first kappa shape index (κ1) is 14.2. The van der Waals surface area contributed by atoms with Crippen LogP contribution in [0, 0.1) is 26.2 Å². The fourth-order valence-electron chi connectivity index (χ4n) is 2.17. The van der Waals surface area contributed by atoms with Gasteiger partial charge in [-0.3, -0.25) is 0 Å². The van der Waals surface area contributed by atoms with E-state index < -0.39 is 0 Å². The van der Waals surface area contributed by atoms with Crippen LogP contribution >= 0.6 is 0 Å². The van der Waals surface area contributed by atoms with Gasteiger partial charge in [-0.25, -0.2) is 0 Å². The summed E-state index contributed by atoms with van der Waals surface area (Å²) in [7, 11) is 0. The lowest BCUT2D eigenvalue weighted by Gasteiger charge is -2.27. The first-order valence-electron chi connectivity index (χ1n) is 6.30. The average Bonchev–Trinajstić information content (AvgIpc) is 2.22. The van der Waals surface area contributed by atoms with Crippen molar-refractivity contribution in [3.8, 4) is 0 Å². The van der Waals surface area contributed by atoms with Crippen LogP contribution in [-0.4, -0.2) is 6.54 Å². The van der Waals surface area contributed by atoms with Gasteiger partial charge in [-0.15, -0.1) is 0 Å². The van der Waals surface area contributed by atoms with Gasteiger partial charge in [0.05, 0.1) is 0 Å². The lowest BCUT2D eigenvalue weighted by molar-refractivity contribution is 0.317. The van der Waals surface area contributed by atoms with Gasteiger partial charge in [-0.2, -0.15) is 0 Å². The number of rotatable bonds is 4. The van der Waals surface area contributed by atoms with Gasteiger partial charge in [0.25, 0.3) is 0 Å². The second-order valence-corrected chi connectivity index (χ2v) is 5.97. The maximum absolute atomic E-state index is 6.32. The topological polar surface area (TPSA) is 52.0 Å². The number of benzene rings is 1. The standard InChI is InChI=1S/C15H26N2/c1-10-6-12(3)13(7-11(10)2)14(17)8-15(4,5)9-16/h6-7,14H,8-9,16-17H2,1-5H3. The van der Waals surface area contributed by atoms with Crippen molar-refractivity contribution in [2.75, 3.05) is 6.54 Å². The maximum atomic E-state index is 6.32. The van der Waals surface area contributed by atoms with E-state index in [9.17, 15) is 0 Å². The van der Waals surface area contributed by atoms with Gasteiger partial charge in [0, 0.05) is 6.04 Å². The minimum Gasteiger partial charge on any atom is -0.330 e. The van der Waals surface area contributed by atoms with E-state index in [-0.39, 0.29) is 11.5 Å². The summed E-state index contributed by atoms with van der Waals surface area (Å²) in [5.41, 5.74) is 17.4. The quantitative estimate of drug-likeness (QED) is 0.841. The molecular formula is C15H26N2. The largest absolute Gasteiger partial charge is 0.330 e. The van der Waals surface area contributed by atoms with E-state index in [2.05, 4.69) is 46.8 Å². The molecule has 1 rings (SSSR count). The third-order valence-corrected chi connectivity index (χ3v) is 3.61. The van der Waals surface area contributed by atoms with Crippen molar-refractivity contribution in [1.29, 1.82) is 0 Å². The Balaban J connectivity index is 2.97. The third kappa shape index (κ3) is 3.55. The molecule has 1 aromatic rings. The van der Waals surface area contributed by atoms with Crippen LogP contribution in [0.4, 0.5) is 0 Å². The zero-order valence-electron chi connectivity index (χ0n) is 11.8. The first-order chi connectivity index (χ1) is 7.76. The molecular weight excluding hydrogens is 208 g/mol. The molecule has 0 fully saturated rings. The summed E-state index contributed by atoms with van der Waals surface area (Å²) in [4.78, 5) is 0. The second-order valence-electron chi connectivity index (χ2n) is 5.97. The van der Waals surface area contributed by atoms with Crippen molar-refractivity contribution < 1.29 is 0 Å². The SMILES string of the molecule is Cc1cc(C)c(C(N)CC(C)(C)CN)cc1C. The zero-order chi connectivity index (χ0) is 13.2. The van der Waals surface area contributed by atoms with E-state index in [4.69, 9.17) is 11.5 Å². The van der Waals surface area contributed by atoms with Crippen LogP contribution in [0.3, 0.4) is 0 Å². The van der Waals surface area contributed by atoms with Crippen molar-refractivity contribution in [3.63, 3.8) is 0 Å². The van der Waals surface area contributed by atoms with Crippen LogP contribution in [0.2, 0.25) is 0 Å². The molecule has 0 aliphatic heterocycles. The van der Waals surface area contributed by atoms with Crippen LogP contribution in [0.5, 0.6) is 0 Å². The van der Waals surface area contributed by atoms with E-state index in [1.165, 1.54) is 22.3 Å². The second kappa shape index (κ2) is 5.19. The number of nitrogens with two attached hydrogens (primary N) is 2. The van der Waals surface area contributed by atoms with Crippen LogP contribution in [0.1, 0.15) is 48.6 Å². The molecule has 0 aliphatic rings. The molecule has 17 heavy (non-hydrogen) atoms. The molecule has 2 nitrogen and oxygen atoms in total. The van der Waals surface area contributed by atoms with Crippen molar-refractivity contribution >= 4 is 0 Å². The Bertz CT molecular complexity index is 394. The van der Waals surface area contributed by atoms with Gasteiger partial charge < -0.3 is 11.5 Å². The Morgan fingerprint density at radius 3 is 2.12 bits per heavy atom. The molecule has 1 unspecified atom stereocenters. The summed E-state index contributed by atoms with van der Waals surface area (Å²) in [5.74, 6) is 0. The molecule has 96 valence electrons. The van der Waals surface area contributed by atoms with Crippen molar-refractivity contribution in [3.05, 3.63) is 34.4 Å². The monoisotopic (exact) mass is 234 g/mol. The molecule has 0 saturated heterocycles. The Morgan fingerprint density at radius 1 is 1.06 bits per heavy atom. The predicted octanol–water partition coefficient (Wildman–Crippen LogP) is 2.99. The van der Waals surface area contributed by atoms with Gasteiger partial charge in [-0.1, -0.05) is 26.0 Å². The molecule has 0 radical (unpaired) electrons. The zero-order valence-corrected chi connectivity index (χ0v) is 11.8. The summed E-state index contributed by atoms with van der Waals surface area (Å²) in [6.07, 6.45) is 0.923. The van der Waals surface area contributed by atoms with E-state index >= 15 is 0 Å². The Morgan fingerprint density at radius 2 is 1.59 bits per heavy atom. The molecule has 1 atom stereocenters. The minimum absolute atomic E-state index is 0.0767. The molecule has 1 aromatic carbocycles. The average molecular weight is 234 g/mol. The lowest BCUT2D eigenvalue weighted by Crippen LogP contribution is -2.29. The van der Waals surface area contributed by atoms with Gasteiger partial charge in [0.1, 0.15) is 0 Å². The van der Waals surface area contributed by atoms with E-state index in [1.54, 1.807) is 0 Å². The van der Waals surface area contributed by atoms with Gasteiger partial charge in [0.15, 0.2) is 0 Å². The number of aryl methyl sites for hydroxylation is 3. The van der Waals surface area contributed by atoms with Crippen molar-refractivity contribution in [2.24, 2.45) is 16.9 Å². The summed E-state index contributed by atoms with van der Waals surface area (Å²) < 4.78 is 0. The summed E-state index contributed by atoms with van der Waals surface area (Å²) in [6, 6.07) is 4.52. The molecule has 0 aromatic heterocycles. The normalized spacial score (nSPS) is 13.8. The van der Waals surface area contributed by atoms with E-state index in [0.29, 0.717) is 6.54 Å². The number of hydrogen-bond acceptors (Lipinski definition) is 2. The first-order valence-corrected chi connectivity index (χ1v) is 6.30. The highest BCUT2D eigenvalue weighted by molar-refractivity contribution is 5.38. The molecule has 0 saturated carbocycles. The summed E-state index contributed by atoms with van der Waals surface area (Å²) >= 11 is 0. The van der Waals surface area contributed by atoms with Gasteiger partial charge >= 0.3 is 0 Å². The molecule has 0 spiro atoms. The molecule has 0 bridgehead atoms. The minimum atomic E-state index is 0.0767. The lowest BCUT2D eigenvalue weighted by atomic mass is 9.82. The number of hydrogen-bond donors (Lipinski definition) is 2. The highest BCUT2D eigenvalue weighted by Gasteiger charge is 2.21. The third-order valence-electron chi connectivity index (χ3n) is 3.61. The molecule has 0 amide bonds. The Labute approximate surface area is 105 Å². The van der Waals surface area contributed by atoms with Crippen LogP contribution in [-0.2, 0) is 0 Å². The fraction of sp³-hybridized carbons (Fsp3) is 0.600. The van der Waals surface area contributed by atoms with E-state index in [0.717, 1.165) is 6.42 Å². The summed E-state index contributed by atoms with van der Waals surface area (Å²) in [5, 5.41) is 0. The smallest absolute Gasteiger partial charge is 0.0303 e. The highest BCUT2D eigenvalue weighted by atomic mass is 14.7. The molecule has 0 heterocycles. The van der Waals surface area contributed by atoms with Gasteiger partial charge in [0.2, 0.25) is 0 Å². The molecule has 0 aliphatic carbocycles. The van der Waals surface area contributed by atoms with E-state index in [1.807, 2.05) is 0 Å². The van der Waals surface area contributed by atoms with Crippen molar-refractivity contribution in [1.82, 2.24) is 0 Å². The van der Waals surface area contributed by atoms with Crippen LogP contribution < -0.4 is 11.5 Å². The van der Waals surface area contributed by atoms with Gasteiger partial charge in [-0.05, 0) is 61.4 Å². The van der Waals surface area contributed by atoms with Crippen LogP contribution in [0.15, 0.2) is 12.1 Å². The van der Waals surface area contributed by atoms with Crippen molar-refractivity contribution in [2.45, 2.75) is 47.1 Å². The highest BCUT2D eigenvalue weighted by Crippen LogP contribution is 2.30.